The molecular formula is C23H21N3O4S. The quantitative estimate of drug-likeness (QED) is 0.288. The maximum Gasteiger partial charge on any atom is 0.280 e. The fraction of sp³-hybridized carbons (Fsp3) is 0.174. The average Bonchev–Trinajstić information content (AvgIpc) is 3.43. The third-order valence-corrected chi connectivity index (χ3v) is 5.27. The van der Waals surface area contributed by atoms with E-state index in [0.717, 1.165) is 16.0 Å². The number of hydrogen-bond donors (Lipinski definition) is 0. The highest BCUT2D eigenvalue weighted by atomic mass is 32.1. The fourth-order valence-electron chi connectivity index (χ4n) is 2.85. The van der Waals surface area contributed by atoms with Gasteiger partial charge in [-0.25, -0.2) is 4.98 Å². The monoisotopic (exact) mass is 435 g/mol. The van der Waals surface area contributed by atoms with E-state index < -0.39 is 0 Å². The number of amides is 1. The van der Waals surface area contributed by atoms with Crippen molar-refractivity contribution in [3.05, 3.63) is 72.2 Å². The molecule has 0 atom stereocenters. The van der Waals surface area contributed by atoms with Gasteiger partial charge in [0, 0.05) is 5.56 Å². The normalized spacial score (nSPS) is 11.4. The van der Waals surface area contributed by atoms with Crippen LogP contribution in [0.5, 0.6) is 11.5 Å². The van der Waals surface area contributed by atoms with Crippen molar-refractivity contribution in [2.75, 3.05) is 12.1 Å². The van der Waals surface area contributed by atoms with Crippen LogP contribution in [0.1, 0.15) is 30.0 Å². The largest absolute Gasteiger partial charge is 0.497 e. The third-order valence-electron chi connectivity index (χ3n) is 4.27. The highest BCUT2D eigenvalue weighted by Gasteiger charge is 2.21. The number of hydrazone groups is 1. The SMILES string of the molecule is COc1ccc2nc(N(/N=C/c3ccco3)C(=O)c3ccc(OC(C)C)cc3)sc2c1. The number of carbonyl (C=O) groups excluding carboxylic acids is 1. The van der Waals surface area contributed by atoms with Crippen molar-refractivity contribution in [2.24, 2.45) is 5.10 Å². The zero-order valence-electron chi connectivity index (χ0n) is 17.3. The standard InChI is InChI=1S/C23H21N3O4S/c1-15(2)30-17-8-6-16(7-9-17)22(27)26(24-14-19-5-4-12-29-19)23-25-20-11-10-18(28-3)13-21(20)31-23/h4-15H,1-3H3/b24-14+. The summed E-state index contributed by atoms with van der Waals surface area (Å²) in [7, 11) is 1.61. The summed E-state index contributed by atoms with van der Waals surface area (Å²) >= 11 is 1.35. The second-order valence-electron chi connectivity index (χ2n) is 6.90. The number of aromatic nitrogens is 1. The summed E-state index contributed by atoms with van der Waals surface area (Å²) in [6, 6.07) is 16.0. The molecule has 158 valence electrons. The second kappa shape index (κ2) is 9.01. The van der Waals surface area contributed by atoms with E-state index in [4.69, 9.17) is 13.9 Å². The van der Waals surface area contributed by atoms with Gasteiger partial charge in [-0.15, -0.1) is 0 Å². The van der Waals surface area contributed by atoms with Crippen molar-refractivity contribution < 1.29 is 18.7 Å². The summed E-state index contributed by atoms with van der Waals surface area (Å²) in [5.41, 5.74) is 1.22. The van der Waals surface area contributed by atoms with E-state index in [1.165, 1.54) is 22.6 Å². The van der Waals surface area contributed by atoms with Crippen molar-refractivity contribution in [1.82, 2.24) is 4.98 Å². The van der Waals surface area contributed by atoms with Gasteiger partial charge in [0.2, 0.25) is 5.13 Å². The first-order chi connectivity index (χ1) is 15.0. The number of carbonyl (C=O) groups is 1. The fourth-order valence-corrected chi connectivity index (χ4v) is 3.80. The Kier molecular flexibility index (Phi) is 5.99. The molecule has 31 heavy (non-hydrogen) atoms. The minimum Gasteiger partial charge on any atom is -0.497 e. The molecule has 2 heterocycles. The highest BCUT2D eigenvalue weighted by molar-refractivity contribution is 7.22. The Morgan fingerprint density at radius 2 is 1.94 bits per heavy atom. The van der Waals surface area contributed by atoms with E-state index in [-0.39, 0.29) is 12.0 Å². The van der Waals surface area contributed by atoms with Crippen molar-refractivity contribution >= 4 is 38.8 Å². The van der Waals surface area contributed by atoms with Crippen LogP contribution in [-0.2, 0) is 0 Å². The van der Waals surface area contributed by atoms with Crippen molar-refractivity contribution in [1.29, 1.82) is 0 Å². The molecule has 0 aliphatic carbocycles. The number of methoxy groups -OCH3 is 1. The zero-order chi connectivity index (χ0) is 21.8. The smallest absolute Gasteiger partial charge is 0.280 e. The number of nitrogens with zero attached hydrogens (tertiary/aromatic N) is 3. The molecule has 2 aromatic carbocycles. The van der Waals surface area contributed by atoms with Crippen LogP contribution in [0.15, 0.2) is 70.4 Å². The van der Waals surface area contributed by atoms with Gasteiger partial charge in [0.1, 0.15) is 17.3 Å². The maximum absolute atomic E-state index is 13.3. The van der Waals surface area contributed by atoms with E-state index >= 15 is 0 Å². The van der Waals surface area contributed by atoms with Crippen LogP contribution >= 0.6 is 11.3 Å². The maximum atomic E-state index is 13.3. The van der Waals surface area contributed by atoms with E-state index in [2.05, 4.69) is 10.1 Å². The highest BCUT2D eigenvalue weighted by Crippen LogP contribution is 2.32. The molecule has 0 bridgehead atoms. The third kappa shape index (κ3) is 4.75. The van der Waals surface area contributed by atoms with Gasteiger partial charge in [-0.3, -0.25) is 4.79 Å². The summed E-state index contributed by atoms with van der Waals surface area (Å²) in [5.74, 6) is 1.64. The summed E-state index contributed by atoms with van der Waals surface area (Å²) in [6.45, 7) is 3.90. The number of ether oxygens (including phenoxy) is 2. The van der Waals surface area contributed by atoms with Gasteiger partial charge < -0.3 is 13.9 Å². The van der Waals surface area contributed by atoms with Gasteiger partial charge >= 0.3 is 0 Å². The summed E-state index contributed by atoms with van der Waals surface area (Å²) in [4.78, 5) is 17.9. The molecule has 7 nitrogen and oxygen atoms in total. The van der Waals surface area contributed by atoms with E-state index in [1.54, 1.807) is 49.8 Å². The average molecular weight is 436 g/mol. The van der Waals surface area contributed by atoms with Crippen LogP contribution in [0.2, 0.25) is 0 Å². The second-order valence-corrected chi connectivity index (χ2v) is 7.91. The number of rotatable bonds is 7. The number of benzene rings is 2. The molecule has 2 aromatic heterocycles. The van der Waals surface area contributed by atoms with Crippen LogP contribution in [-0.4, -0.2) is 30.3 Å². The number of fused-ring (bicyclic) bond motifs is 1. The van der Waals surface area contributed by atoms with Gasteiger partial charge in [0.05, 0.1) is 35.9 Å². The van der Waals surface area contributed by atoms with E-state index in [0.29, 0.717) is 22.2 Å². The van der Waals surface area contributed by atoms with Crippen molar-refractivity contribution in [3.8, 4) is 11.5 Å². The lowest BCUT2D eigenvalue weighted by Crippen LogP contribution is -2.25. The summed E-state index contributed by atoms with van der Waals surface area (Å²) in [5, 5.41) is 6.09. The molecule has 0 saturated carbocycles. The number of anilines is 1. The first-order valence-corrected chi connectivity index (χ1v) is 10.5. The van der Waals surface area contributed by atoms with E-state index in [1.807, 2.05) is 32.0 Å². The molecule has 0 aliphatic rings. The molecule has 0 N–H and O–H groups in total. The number of hydrogen-bond acceptors (Lipinski definition) is 7. The van der Waals surface area contributed by atoms with Crippen molar-refractivity contribution in [2.45, 2.75) is 20.0 Å². The van der Waals surface area contributed by atoms with Crippen LogP contribution in [0, 0.1) is 0 Å². The van der Waals surface area contributed by atoms with Crippen LogP contribution in [0.4, 0.5) is 5.13 Å². The van der Waals surface area contributed by atoms with Crippen LogP contribution in [0.25, 0.3) is 10.2 Å². The summed E-state index contributed by atoms with van der Waals surface area (Å²) in [6.07, 6.45) is 3.09. The molecule has 1 amide bonds. The first-order valence-electron chi connectivity index (χ1n) is 9.67. The minimum absolute atomic E-state index is 0.0516. The Morgan fingerprint density at radius 3 is 2.61 bits per heavy atom. The zero-order valence-corrected chi connectivity index (χ0v) is 18.1. The van der Waals surface area contributed by atoms with Gasteiger partial charge in [0.15, 0.2) is 0 Å². The number of thiazole rings is 1. The predicted octanol–water partition coefficient (Wildman–Crippen LogP) is 5.37. The molecule has 0 saturated heterocycles. The van der Waals surface area contributed by atoms with Crippen molar-refractivity contribution in [3.63, 3.8) is 0 Å². The molecule has 4 aromatic rings. The Morgan fingerprint density at radius 1 is 1.16 bits per heavy atom. The molecule has 4 rings (SSSR count). The lowest BCUT2D eigenvalue weighted by atomic mass is 10.2. The minimum atomic E-state index is -0.315. The molecule has 0 radical (unpaired) electrons. The predicted molar refractivity (Wildman–Crippen MR) is 121 cm³/mol. The van der Waals surface area contributed by atoms with Crippen LogP contribution in [0.3, 0.4) is 0 Å². The van der Waals surface area contributed by atoms with Gasteiger partial charge in [-0.05, 0) is 68.4 Å². The van der Waals surface area contributed by atoms with Gasteiger partial charge in [-0.2, -0.15) is 10.1 Å². The van der Waals surface area contributed by atoms with Gasteiger partial charge in [-0.1, -0.05) is 11.3 Å². The molecule has 0 unspecified atom stereocenters. The Bertz CT molecular complexity index is 1200. The number of furan rings is 1. The summed E-state index contributed by atoms with van der Waals surface area (Å²) < 4.78 is 17.2. The molecule has 8 heteroatoms. The van der Waals surface area contributed by atoms with Gasteiger partial charge in [0.25, 0.3) is 5.91 Å². The Hall–Kier alpha value is -3.65. The molecule has 0 spiro atoms. The topological polar surface area (TPSA) is 77.2 Å². The van der Waals surface area contributed by atoms with Crippen LogP contribution < -0.4 is 14.5 Å². The molecular weight excluding hydrogens is 414 g/mol. The molecule has 0 fully saturated rings. The van der Waals surface area contributed by atoms with E-state index in [9.17, 15) is 4.79 Å². The lowest BCUT2D eigenvalue weighted by molar-refractivity contribution is 0.0988. The Labute approximate surface area is 183 Å². The molecule has 0 aliphatic heterocycles. The lowest BCUT2D eigenvalue weighted by Gasteiger charge is -2.14. The first kappa shape index (κ1) is 20.6. The Balaban J connectivity index is 1.69.